The molecule has 0 aliphatic heterocycles. The largest absolute Gasteiger partial charge is 0.340 e. The quantitative estimate of drug-likeness (QED) is 0.700. The smallest absolute Gasteiger partial charge is 0.141 e. The lowest BCUT2D eigenvalue weighted by atomic mass is 10.2. The summed E-state index contributed by atoms with van der Waals surface area (Å²) in [7, 11) is 0. The van der Waals surface area contributed by atoms with E-state index in [2.05, 4.69) is 31.2 Å². The Labute approximate surface area is 130 Å². The second-order valence-electron chi connectivity index (χ2n) is 4.47. The number of hydrogen-bond acceptors (Lipinski definition) is 3. The van der Waals surface area contributed by atoms with Crippen LogP contribution in [0.15, 0.2) is 47.2 Å². The standard InChI is InChI=1S/C15H11BrClN3/c1-9-2-4-11(7-13(9)17)20-15-12-6-10(16)3-5-14(12)18-8-19-15/h2-8H,1H3,(H,18,19,20). The molecule has 5 heteroatoms. The molecule has 0 amide bonds. The fraction of sp³-hybridized carbons (Fsp3) is 0.0667. The molecular formula is C15H11BrClN3. The summed E-state index contributed by atoms with van der Waals surface area (Å²) in [5, 5.41) is 4.97. The Morgan fingerprint density at radius 3 is 2.75 bits per heavy atom. The SMILES string of the molecule is Cc1ccc(Nc2ncnc3ccc(Br)cc23)cc1Cl. The minimum absolute atomic E-state index is 0.731. The number of halogens is 2. The Bertz CT molecular complexity index is 789. The van der Waals surface area contributed by atoms with Gasteiger partial charge in [-0.05, 0) is 42.8 Å². The number of nitrogens with zero attached hydrogens (tertiary/aromatic N) is 2. The lowest BCUT2D eigenvalue weighted by Crippen LogP contribution is -1.96. The Balaban J connectivity index is 2.05. The molecule has 2 aromatic carbocycles. The van der Waals surface area contributed by atoms with E-state index in [9.17, 15) is 0 Å². The van der Waals surface area contributed by atoms with Crippen LogP contribution >= 0.6 is 27.5 Å². The number of aryl methyl sites for hydroxylation is 1. The second kappa shape index (κ2) is 5.38. The van der Waals surface area contributed by atoms with Crippen molar-refractivity contribution in [1.82, 2.24) is 9.97 Å². The molecule has 3 aromatic rings. The monoisotopic (exact) mass is 347 g/mol. The molecule has 1 N–H and O–H groups in total. The predicted molar refractivity (Wildman–Crippen MR) is 86.7 cm³/mol. The average Bonchev–Trinajstić information content (AvgIpc) is 2.44. The third-order valence-electron chi connectivity index (χ3n) is 3.03. The zero-order valence-electron chi connectivity index (χ0n) is 10.7. The summed E-state index contributed by atoms with van der Waals surface area (Å²) in [6.45, 7) is 1.98. The van der Waals surface area contributed by atoms with E-state index >= 15 is 0 Å². The number of anilines is 2. The minimum Gasteiger partial charge on any atom is -0.340 e. The maximum Gasteiger partial charge on any atom is 0.141 e. The average molecular weight is 349 g/mol. The summed E-state index contributed by atoms with van der Waals surface area (Å²) in [5.41, 5.74) is 2.84. The van der Waals surface area contributed by atoms with Crippen LogP contribution in [0.2, 0.25) is 5.02 Å². The highest BCUT2D eigenvalue weighted by atomic mass is 79.9. The second-order valence-corrected chi connectivity index (χ2v) is 5.80. The molecule has 1 aromatic heterocycles. The molecule has 1 heterocycles. The van der Waals surface area contributed by atoms with Crippen molar-refractivity contribution in [2.24, 2.45) is 0 Å². The van der Waals surface area contributed by atoms with Gasteiger partial charge in [0.05, 0.1) is 5.52 Å². The van der Waals surface area contributed by atoms with Gasteiger partial charge in [-0.25, -0.2) is 9.97 Å². The summed E-state index contributed by atoms with van der Waals surface area (Å²) in [4.78, 5) is 8.57. The summed E-state index contributed by atoms with van der Waals surface area (Å²) in [6.07, 6.45) is 1.55. The van der Waals surface area contributed by atoms with Crippen LogP contribution in [0.25, 0.3) is 10.9 Å². The normalized spacial score (nSPS) is 10.8. The molecule has 3 rings (SSSR count). The molecule has 20 heavy (non-hydrogen) atoms. The van der Waals surface area contributed by atoms with Crippen LogP contribution in [-0.4, -0.2) is 9.97 Å². The molecule has 0 saturated heterocycles. The Morgan fingerprint density at radius 2 is 1.95 bits per heavy atom. The van der Waals surface area contributed by atoms with Crippen LogP contribution in [0.1, 0.15) is 5.56 Å². The highest BCUT2D eigenvalue weighted by Crippen LogP contribution is 2.27. The zero-order valence-corrected chi connectivity index (χ0v) is 13.0. The third-order valence-corrected chi connectivity index (χ3v) is 3.93. The van der Waals surface area contributed by atoms with Crippen LogP contribution in [-0.2, 0) is 0 Å². The number of aromatic nitrogens is 2. The minimum atomic E-state index is 0.731. The van der Waals surface area contributed by atoms with Crippen molar-refractivity contribution >= 4 is 49.9 Å². The number of nitrogens with one attached hydrogen (secondary N) is 1. The van der Waals surface area contributed by atoms with Crippen molar-refractivity contribution in [3.63, 3.8) is 0 Å². The Kier molecular flexibility index (Phi) is 3.59. The number of rotatable bonds is 2. The highest BCUT2D eigenvalue weighted by molar-refractivity contribution is 9.10. The van der Waals surface area contributed by atoms with Gasteiger partial charge in [-0.2, -0.15) is 0 Å². The highest BCUT2D eigenvalue weighted by Gasteiger charge is 2.05. The summed E-state index contributed by atoms with van der Waals surface area (Å²) in [6, 6.07) is 11.8. The molecule has 3 nitrogen and oxygen atoms in total. The van der Waals surface area contributed by atoms with Gasteiger partial charge in [-0.3, -0.25) is 0 Å². The number of fused-ring (bicyclic) bond motifs is 1. The van der Waals surface area contributed by atoms with E-state index in [0.29, 0.717) is 0 Å². The first-order valence-corrected chi connectivity index (χ1v) is 7.24. The molecule has 0 atom stereocenters. The first-order chi connectivity index (χ1) is 9.63. The first-order valence-electron chi connectivity index (χ1n) is 6.07. The summed E-state index contributed by atoms with van der Waals surface area (Å²) < 4.78 is 0.991. The van der Waals surface area contributed by atoms with Gasteiger partial charge in [0.15, 0.2) is 0 Å². The van der Waals surface area contributed by atoms with Gasteiger partial charge in [0, 0.05) is 20.6 Å². The summed E-state index contributed by atoms with van der Waals surface area (Å²) in [5.74, 6) is 0.760. The first kappa shape index (κ1) is 13.3. The molecule has 0 aliphatic rings. The predicted octanol–water partition coefficient (Wildman–Crippen LogP) is 5.10. The van der Waals surface area contributed by atoms with E-state index in [4.69, 9.17) is 11.6 Å². The van der Waals surface area contributed by atoms with E-state index in [-0.39, 0.29) is 0 Å². The van der Waals surface area contributed by atoms with E-state index in [0.717, 1.165) is 37.5 Å². The van der Waals surface area contributed by atoms with Crippen molar-refractivity contribution in [3.8, 4) is 0 Å². The zero-order chi connectivity index (χ0) is 14.1. The summed E-state index contributed by atoms with van der Waals surface area (Å²) >= 11 is 9.61. The molecule has 0 bridgehead atoms. The van der Waals surface area contributed by atoms with Crippen LogP contribution < -0.4 is 5.32 Å². The van der Waals surface area contributed by atoms with E-state index < -0.39 is 0 Å². The van der Waals surface area contributed by atoms with E-state index in [1.807, 2.05) is 43.3 Å². The molecule has 0 radical (unpaired) electrons. The molecule has 0 aliphatic carbocycles. The maximum atomic E-state index is 6.14. The van der Waals surface area contributed by atoms with Crippen molar-refractivity contribution in [2.45, 2.75) is 6.92 Å². The van der Waals surface area contributed by atoms with Gasteiger partial charge >= 0.3 is 0 Å². The van der Waals surface area contributed by atoms with Crippen molar-refractivity contribution < 1.29 is 0 Å². The van der Waals surface area contributed by atoms with Crippen LogP contribution in [0.3, 0.4) is 0 Å². The Morgan fingerprint density at radius 1 is 1.10 bits per heavy atom. The maximum absolute atomic E-state index is 6.14. The lowest BCUT2D eigenvalue weighted by molar-refractivity contribution is 1.22. The van der Waals surface area contributed by atoms with Crippen LogP contribution in [0.4, 0.5) is 11.5 Å². The lowest BCUT2D eigenvalue weighted by Gasteiger charge is -2.09. The van der Waals surface area contributed by atoms with Gasteiger partial charge in [0.25, 0.3) is 0 Å². The molecule has 0 unspecified atom stereocenters. The van der Waals surface area contributed by atoms with Crippen LogP contribution in [0.5, 0.6) is 0 Å². The molecule has 100 valence electrons. The van der Waals surface area contributed by atoms with Gasteiger partial charge in [-0.1, -0.05) is 33.6 Å². The van der Waals surface area contributed by atoms with Crippen molar-refractivity contribution in [3.05, 3.63) is 57.8 Å². The van der Waals surface area contributed by atoms with Crippen LogP contribution in [0, 0.1) is 6.92 Å². The fourth-order valence-electron chi connectivity index (χ4n) is 1.94. The fourth-order valence-corrected chi connectivity index (χ4v) is 2.48. The van der Waals surface area contributed by atoms with Crippen molar-refractivity contribution in [1.29, 1.82) is 0 Å². The number of hydrogen-bond donors (Lipinski definition) is 1. The molecule has 0 saturated carbocycles. The van der Waals surface area contributed by atoms with Gasteiger partial charge in [0.1, 0.15) is 12.1 Å². The topological polar surface area (TPSA) is 37.8 Å². The van der Waals surface area contributed by atoms with E-state index in [1.165, 1.54) is 0 Å². The van der Waals surface area contributed by atoms with Gasteiger partial charge < -0.3 is 5.32 Å². The molecule has 0 fully saturated rings. The van der Waals surface area contributed by atoms with E-state index in [1.54, 1.807) is 6.33 Å². The molecular weight excluding hydrogens is 338 g/mol. The number of benzene rings is 2. The molecule has 0 spiro atoms. The van der Waals surface area contributed by atoms with Gasteiger partial charge in [-0.15, -0.1) is 0 Å². The van der Waals surface area contributed by atoms with Gasteiger partial charge in [0.2, 0.25) is 0 Å². The third kappa shape index (κ3) is 2.62. The van der Waals surface area contributed by atoms with Crippen molar-refractivity contribution in [2.75, 3.05) is 5.32 Å². The Hall–Kier alpha value is -1.65.